The molecule has 8 heteroatoms. The van der Waals surface area contributed by atoms with Crippen LogP contribution in [0.5, 0.6) is 0 Å². The van der Waals surface area contributed by atoms with Gasteiger partial charge in [0.15, 0.2) is 0 Å². The number of hydrogen-bond acceptors (Lipinski definition) is 4. The molecule has 6 nitrogen and oxygen atoms in total. The van der Waals surface area contributed by atoms with Crippen molar-refractivity contribution in [1.82, 2.24) is 14.4 Å². The van der Waals surface area contributed by atoms with E-state index >= 15 is 0 Å². The number of hydrogen-bond donors (Lipinski definition) is 1. The Morgan fingerprint density at radius 1 is 1.04 bits per heavy atom. The number of aryl methyl sites for hydroxylation is 1. The van der Waals surface area contributed by atoms with E-state index in [1.54, 1.807) is 24.3 Å². The minimum atomic E-state index is -3.86. The summed E-state index contributed by atoms with van der Waals surface area (Å²) in [4.78, 5) is 8.70. The van der Waals surface area contributed by atoms with Gasteiger partial charge in [-0.1, -0.05) is 18.2 Å². The SMILES string of the molecule is Cc1ccn2cc(-c3ccc(NS(=O)(=O)c4cccc(F)c4)cc3)nc2n1. The van der Waals surface area contributed by atoms with Crippen molar-refractivity contribution in [2.24, 2.45) is 0 Å². The van der Waals surface area contributed by atoms with E-state index in [0.29, 0.717) is 11.5 Å². The maximum absolute atomic E-state index is 13.3. The first-order chi connectivity index (χ1) is 12.9. The molecule has 0 amide bonds. The Morgan fingerprint density at radius 2 is 1.81 bits per heavy atom. The van der Waals surface area contributed by atoms with Crippen LogP contribution in [0.1, 0.15) is 5.69 Å². The van der Waals surface area contributed by atoms with Gasteiger partial charge in [-0.05, 0) is 43.3 Å². The van der Waals surface area contributed by atoms with E-state index in [4.69, 9.17) is 0 Å². The molecule has 2 heterocycles. The smallest absolute Gasteiger partial charge is 0.261 e. The Morgan fingerprint density at radius 3 is 2.56 bits per heavy atom. The van der Waals surface area contributed by atoms with Crippen LogP contribution in [-0.2, 0) is 10.0 Å². The van der Waals surface area contributed by atoms with Gasteiger partial charge in [0.05, 0.1) is 10.6 Å². The molecule has 0 radical (unpaired) electrons. The third-order valence-corrected chi connectivity index (χ3v) is 5.38. The number of anilines is 1. The second-order valence-electron chi connectivity index (χ2n) is 6.04. The van der Waals surface area contributed by atoms with Gasteiger partial charge in [0.2, 0.25) is 5.78 Å². The average molecular weight is 382 g/mol. The highest BCUT2D eigenvalue weighted by atomic mass is 32.2. The average Bonchev–Trinajstić information content (AvgIpc) is 3.05. The van der Waals surface area contributed by atoms with Crippen LogP contribution in [0.15, 0.2) is 71.9 Å². The molecule has 27 heavy (non-hydrogen) atoms. The molecule has 0 atom stereocenters. The Bertz CT molecular complexity index is 1230. The minimum Gasteiger partial charge on any atom is -0.291 e. The Balaban J connectivity index is 1.60. The molecule has 0 aliphatic heterocycles. The van der Waals surface area contributed by atoms with E-state index in [1.807, 2.05) is 29.8 Å². The van der Waals surface area contributed by atoms with Crippen LogP contribution in [0.25, 0.3) is 17.0 Å². The van der Waals surface area contributed by atoms with Crippen molar-refractivity contribution in [3.63, 3.8) is 0 Å². The fourth-order valence-electron chi connectivity index (χ4n) is 2.66. The number of imidazole rings is 1. The van der Waals surface area contributed by atoms with Crippen molar-refractivity contribution in [2.45, 2.75) is 11.8 Å². The zero-order valence-electron chi connectivity index (χ0n) is 14.3. The highest BCUT2D eigenvalue weighted by molar-refractivity contribution is 7.92. The Hall–Kier alpha value is -3.26. The number of nitrogens with one attached hydrogen (secondary N) is 1. The van der Waals surface area contributed by atoms with Crippen LogP contribution in [0.3, 0.4) is 0 Å². The molecule has 136 valence electrons. The molecule has 0 aliphatic carbocycles. The Labute approximate surface area is 155 Å². The molecule has 0 unspecified atom stereocenters. The number of sulfonamides is 1. The van der Waals surface area contributed by atoms with Gasteiger partial charge in [-0.3, -0.25) is 9.12 Å². The van der Waals surface area contributed by atoms with Crippen LogP contribution < -0.4 is 4.72 Å². The lowest BCUT2D eigenvalue weighted by atomic mass is 10.1. The number of nitrogens with zero attached hydrogens (tertiary/aromatic N) is 3. The predicted octanol–water partition coefficient (Wildman–Crippen LogP) is 3.64. The summed E-state index contributed by atoms with van der Waals surface area (Å²) in [6, 6.07) is 13.5. The molecule has 0 aliphatic rings. The molecule has 0 saturated carbocycles. The zero-order valence-corrected chi connectivity index (χ0v) is 15.1. The second kappa shape index (κ2) is 6.48. The van der Waals surface area contributed by atoms with Gasteiger partial charge in [-0.15, -0.1) is 0 Å². The molecule has 4 rings (SSSR count). The van der Waals surface area contributed by atoms with Crippen molar-refractivity contribution in [3.8, 4) is 11.3 Å². The van der Waals surface area contributed by atoms with Crippen molar-refractivity contribution in [1.29, 1.82) is 0 Å². The van der Waals surface area contributed by atoms with Crippen molar-refractivity contribution in [3.05, 3.63) is 78.5 Å². The zero-order chi connectivity index (χ0) is 19.0. The van der Waals surface area contributed by atoms with Gasteiger partial charge in [0, 0.05) is 29.3 Å². The Kier molecular flexibility index (Phi) is 4.12. The topological polar surface area (TPSA) is 76.4 Å². The summed E-state index contributed by atoms with van der Waals surface area (Å²) >= 11 is 0. The monoisotopic (exact) mass is 382 g/mol. The first kappa shape index (κ1) is 17.2. The molecule has 0 bridgehead atoms. The van der Waals surface area contributed by atoms with Gasteiger partial charge in [0.1, 0.15) is 5.82 Å². The van der Waals surface area contributed by atoms with Crippen LogP contribution >= 0.6 is 0 Å². The van der Waals surface area contributed by atoms with Crippen LogP contribution in [0.2, 0.25) is 0 Å². The first-order valence-corrected chi connectivity index (χ1v) is 9.60. The van der Waals surface area contributed by atoms with Crippen LogP contribution in [0.4, 0.5) is 10.1 Å². The highest BCUT2D eigenvalue weighted by Gasteiger charge is 2.15. The van der Waals surface area contributed by atoms with Gasteiger partial charge in [0.25, 0.3) is 10.0 Å². The normalized spacial score (nSPS) is 11.6. The molecule has 1 N–H and O–H groups in total. The predicted molar refractivity (Wildman–Crippen MR) is 100 cm³/mol. The highest BCUT2D eigenvalue weighted by Crippen LogP contribution is 2.23. The third-order valence-electron chi connectivity index (χ3n) is 4.00. The van der Waals surface area contributed by atoms with Crippen molar-refractivity contribution < 1.29 is 12.8 Å². The summed E-state index contributed by atoms with van der Waals surface area (Å²) in [6.07, 6.45) is 3.74. The van der Waals surface area contributed by atoms with Gasteiger partial charge in [-0.2, -0.15) is 0 Å². The molecule has 2 aromatic carbocycles. The third kappa shape index (κ3) is 3.52. The van der Waals surface area contributed by atoms with Crippen molar-refractivity contribution >= 4 is 21.5 Å². The lowest BCUT2D eigenvalue weighted by molar-refractivity contribution is 0.595. The number of aromatic nitrogens is 3. The lowest BCUT2D eigenvalue weighted by Crippen LogP contribution is -2.13. The number of fused-ring (bicyclic) bond motifs is 1. The number of halogens is 1. The number of rotatable bonds is 4. The fraction of sp³-hybridized carbons (Fsp3) is 0.0526. The van der Waals surface area contributed by atoms with E-state index in [2.05, 4.69) is 14.7 Å². The van der Waals surface area contributed by atoms with E-state index < -0.39 is 15.8 Å². The summed E-state index contributed by atoms with van der Waals surface area (Å²) in [5, 5.41) is 0. The summed E-state index contributed by atoms with van der Waals surface area (Å²) in [7, 11) is -3.86. The maximum Gasteiger partial charge on any atom is 0.261 e. The minimum absolute atomic E-state index is 0.131. The summed E-state index contributed by atoms with van der Waals surface area (Å²) in [5.74, 6) is -0.00944. The van der Waals surface area contributed by atoms with Crippen LogP contribution in [0, 0.1) is 12.7 Å². The largest absolute Gasteiger partial charge is 0.291 e. The molecular formula is C19H15FN4O2S. The fourth-order valence-corrected chi connectivity index (χ4v) is 3.75. The molecule has 2 aromatic heterocycles. The number of benzene rings is 2. The summed E-state index contributed by atoms with van der Waals surface area (Å²) in [6.45, 7) is 1.90. The van der Waals surface area contributed by atoms with Gasteiger partial charge in [-0.25, -0.2) is 22.8 Å². The summed E-state index contributed by atoms with van der Waals surface area (Å²) in [5.41, 5.74) is 2.81. The molecule has 4 aromatic rings. The van der Waals surface area contributed by atoms with Crippen LogP contribution in [-0.4, -0.2) is 22.8 Å². The lowest BCUT2D eigenvalue weighted by Gasteiger charge is -2.08. The van der Waals surface area contributed by atoms with E-state index in [-0.39, 0.29) is 4.90 Å². The maximum atomic E-state index is 13.3. The van der Waals surface area contributed by atoms with E-state index in [9.17, 15) is 12.8 Å². The van der Waals surface area contributed by atoms with Gasteiger partial charge >= 0.3 is 0 Å². The van der Waals surface area contributed by atoms with E-state index in [1.165, 1.54) is 18.2 Å². The summed E-state index contributed by atoms with van der Waals surface area (Å²) < 4.78 is 42.3. The first-order valence-electron chi connectivity index (χ1n) is 8.12. The quantitative estimate of drug-likeness (QED) is 0.585. The molecule has 0 saturated heterocycles. The standard InChI is InChI=1S/C19H15FN4O2S/c1-13-9-10-24-12-18(22-19(24)21-13)14-5-7-16(8-6-14)23-27(25,26)17-4-2-3-15(20)11-17/h2-12,23H,1H3. The van der Waals surface area contributed by atoms with Gasteiger partial charge < -0.3 is 0 Å². The second-order valence-corrected chi connectivity index (χ2v) is 7.72. The van der Waals surface area contributed by atoms with E-state index in [0.717, 1.165) is 23.0 Å². The van der Waals surface area contributed by atoms with Crippen molar-refractivity contribution in [2.75, 3.05) is 4.72 Å². The molecular weight excluding hydrogens is 367 g/mol. The molecule has 0 spiro atoms. The molecule has 0 fully saturated rings.